The van der Waals surface area contributed by atoms with Crippen LogP contribution in [0.2, 0.25) is 10.0 Å². The van der Waals surface area contributed by atoms with Gasteiger partial charge in [0.05, 0.1) is 22.7 Å². The molecule has 2 aromatic rings. The zero-order chi connectivity index (χ0) is 17.9. The number of anilines is 2. The van der Waals surface area contributed by atoms with Crippen LogP contribution in [0.4, 0.5) is 21.5 Å². The largest absolute Gasteiger partial charge is 0.366 e. The van der Waals surface area contributed by atoms with Crippen LogP contribution in [-0.2, 0) is 0 Å². The van der Waals surface area contributed by atoms with Gasteiger partial charge in [0, 0.05) is 31.4 Å². The number of benzene rings is 2. The number of nitrogens with zero attached hydrogens (tertiary/aromatic N) is 3. The molecule has 0 saturated carbocycles. The van der Waals surface area contributed by atoms with Gasteiger partial charge in [-0.05, 0) is 49.7 Å². The zero-order valence-corrected chi connectivity index (χ0v) is 15.7. The van der Waals surface area contributed by atoms with Crippen LogP contribution in [0.15, 0.2) is 35.3 Å². The van der Waals surface area contributed by atoms with Crippen molar-refractivity contribution in [3.05, 3.63) is 51.8 Å². The van der Waals surface area contributed by atoms with Gasteiger partial charge in [-0.2, -0.15) is 0 Å². The monoisotopic (exact) mass is 367 g/mol. The summed E-state index contributed by atoms with van der Waals surface area (Å²) in [5, 5.41) is 0.840. The van der Waals surface area contributed by atoms with Crippen molar-refractivity contribution in [2.45, 2.75) is 13.8 Å². The van der Waals surface area contributed by atoms with E-state index in [2.05, 4.69) is 4.99 Å². The molecule has 0 fully saturated rings. The third-order valence-corrected chi connectivity index (χ3v) is 4.27. The molecule has 0 aliphatic heterocycles. The lowest BCUT2D eigenvalue weighted by atomic mass is 10.1. The summed E-state index contributed by atoms with van der Waals surface area (Å²) in [7, 11) is 3.76. The van der Waals surface area contributed by atoms with Gasteiger partial charge in [-0.25, -0.2) is 9.38 Å². The number of halogens is 3. The normalized spacial score (nSPS) is 11.1. The topological polar surface area (TPSA) is 18.8 Å². The minimum absolute atomic E-state index is 0.337. The molecule has 3 nitrogen and oxygen atoms in total. The van der Waals surface area contributed by atoms with Gasteiger partial charge in [0.25, 0.3) is 0 Å². The molecule has 2 aromatic carbocycles. The van der Waals surface area contributed by atoms with Crippen molar-refractivity contribution in [1.29, 1.82) is 0 Å². The van der Waals surface area contributed by atoms with E-state index in [0.29, 0.717) is 21.4 Å². The first-order chi connectivity index (χ1) is 11.3. The highest BCUT2D eigenvalue weighted by molar-refractivity contribution is 6.36. The molecule has 128 valence electrons. The maximum atomic E-state index is 13.6. The van der Waals surface area contributed by atoms with Gasteiger partial charge >= 0.3 is 0 Å². The minimum Gasteiger partial charge on any atom is -0.366 e. The molecule has 2 rings (SSSR count). The van der Waals surface area contributed by atoms with Gasteiger partial charge in [-0.1, -0.05) is 23.2 Å². The van der Waals surface area contributed by atoms with E-state index in [9.17, 15) is 4.39 Å². The standard InChI is InChI=1S/C18H20Cl2FN3/c1-5-23(3)11-22-16-6-12(2)7-17(18(16)20)24(4)15-9-13(19)8-14(21)10-15/h6-11H,5H2,1-4H3. The van der Waals surface area contributed by atoms with E-state index in [1.54, 1.807) is 17.3 Å². The summed E-state index contributed by atoms with van der Waals surface area (Å²) >= 11 is 12.5. The maximum Gasteiger partial charge on any atom is 0.126 e. The average molecular weight is 368 g/mol. The number of aliphatic imine (C=N–C) groups is 1. The molecular formula is C18H20Cl2FN3. The van der Waals surface area contributed by atoms with E-state index in [4.69, 9.17) is 23.2 Å². The summed E-state index contributed by atoms with van der Waals surface area (Å²) in [6.07, 6.45) is 1.74. The van der Waals surface area contributed by atoms with E-state index in [1.807, 2.05) is 45.0 Å². The lowest BCUT2D eigenvalue weighted by Gasteiger charge is -2.22. The molecule has 24 heavy (non-hydrogen) atoms. The van der Waals surface area contributed by atoms with Crippen molar-refractivity contribution in [3.8, 4) is 0 Å². The molecule has 0 amide bonds. The Morgan fingerprint density at radius 2 is 1.83 bits per heavy atom. The number of hydrogen-bond acceptors (Lipinski definition) is 2. The minimum atomic E-state index is -0.393. The highest BCUT2D eigenvalue weighted by Crippen LogP contribution is 2.39. The Balaban J connectivity index is 2.46. The van der Waals surface area contributed by atoms with Crippen LogP contribution in [0.3, 0.4) is 0 Å². The highest BCUT2D eigenvalue weighted by Gasteiger charge is 2.14. The van der Waals surface area contributed by atoms with Gasteiger partial charge in [-0.3, -0.25) is 0 Å². The molecule has 0 N–H and O–H groups in total. The van der Waals surface area contributed by atoms with E-state index in [0.717, 1.165) is 17.8 Å². The lowest BCUT2D eigenvalue weighted by Crippen LogP contribution is -2.14. The van der Waals surface area contributed by atoms with E-state index >= 15 is 0 Å². The summed E-state index contributed by atoms with van der Waals surface area (Å²) in [5.41, 5.74) is 3.04. The smallest absolute Gasteiger partial charge is 0.126 e. The van der Waals surface area contributed by atoms with Gasteiger partial charge in [0.2, 0.25) is 0 Å². The Kier molecular flexibility index (Phi) is 6.08. The Labute approximate surface area is 152 Å². The third kappa shape index (κ3) is 4.40. The van der Waals surface area contributed by atoms with Crippen LogP contribution in [0.5, 0.6) is 0 Å². The van der Waals surface area contributed by atoms with Crippen LogP contribution in [0.25, 0.3) is 0 Å². The number of aryl methyl sites for hydroxylation is 1. The zero-order valence-electron chi connectivity index (χ0n) is 14.1. The summed E-state index contributed by atoms with van der Waals surface area (Å²) in [6.45, 7) is 4.85. The van der Waals surface area contributed by atoms with Crippen molar-refractivity contribution >= 4 is 46.6 Å². The predicted octanol–water partition coefficient (Wildman–Crippen LogP) is 5.82. The van der Waals surface area contributed by atoms with E-state index in [-0.39, 0.29) is 0 Å². The molecule has 0 aliphatic carbocycles. The first kappa shape index (κ1) is 18.6. The molecule has 0 aliphatic rings. The fourth-order valence-electron chi connectivity index (χ4n) is 2.18. The molecule has 0 saturated heterocycles. The maximum absolute atomic E-state index is 13.6. The molecular weight excluding hydrogens is 348 g/mol. The Bertz CT molecular complexity index is 742. The average Bonchev–Trinajstić information content (AvgIpc) is 2.53. The van der Waals surface area contributed by atoms with Gasteiger partial charge in [0.1, 0.15) is 5.82 Å². The van der Waals surface area contributed by atoms with Crippen molar-refractivity contribution in [2.75, 3.05) is 25.5 Å². The molecule has 0 heterocycles. The summed E-state index contributed by atoms with van der Waals surface area (Å²) in [4.78, 5) is 8.20. The molecule has 0 bridgehead atoms. The second-order valence-corrected chi connectivity index (χ2v) is 6.44. The van der Waals surface area contributed by atoms with E-state index in [1.165, 1.54) is 12.1 Å². The Hall–Kier alpha value is -1.78. The fraction of sp³-hybridized carbons (Fsp3) is 0.278. The van der Waals surface area contributed by atoms with Crippen LogP contribution in [-0.4, -0.2) is 31.9 Å². The molecule has 0 atom stereocenters. The lowest BCUT2D eigenvalue weighted by molar-refractivity contribution is 0.552. The van der Waals surface area contributed by atoms with Crippen molar-refractivity contribution in [2.24, 2.45) is 4.99 Å². The van der Waals surface area contributed by atoms with Gasteiger partial charge < -0.3 is 9.80 Å². The third-order valence-electron chi connectivity index (χ3n) is 3.67. The Morgan fingerprint density at radius 1 is 1.12 bits per heavy atom. The molecule has 0 radical (unpaired) electrons. The second-order valence-electron chi connectivity index (χ2n) is 5.62. The van der Waals surface area contributed by atoms with Crippen molar-refractivity contribution < 1.29 is 4.39 Å². The first-order valence-electron chi connectivity index (χ1n) is 7.56. The van der Waals surface area contributed by atoms with Gasteiger partial charge in [-0.15, -0.1) is 0 Å². The summed E-state index contributed by atoms with van der Waals surface area (Å²) in [6, 6.07) is 8.23. The molecule has 6 heteroatoms. The van der Waals surface area contributed by atoms with Crippen LogP contribution < -0.4 is 4.90 Å². The van der Waals surface area contributed by atoms with Gasteiger partial charge in [0.15, 0.2) is 0 Å². The fourth-order valence-corrected chi connectivity index (χ4v) is 2.68. The Morgan fingerprint density at radius 3 is 2.46 bits per heavy atom. The quantitative estimate of drug-likeness (QED) is 0.489. The van der Waals surface area contributed by atoms with Crippen LogP contribution in [0, 0.1) is 12.7 Å². The SMILES string of the molecule is CCN(C)C=Nc1cc(C)cc(N(C)c2cc(F)cc(Cl)c2)c1Cl. The molecule has 0 unspecified atom stereocenters. The number of rotatable bonds is 5. The molecule has 0 spiro atoms. The van der Waals surface area contributed by atoms with Crippen molar-refractivity contribution in [1.82, 2.24) is 4.90 Å². The highest BCUT2D eigenvalue weighted by atomic mass is 35.5. The van der Waals surface area contributed by atoms with E-state index < -0.39 is 5.82 Å². The van der Waals surface area contributed by atoms with Crippen LogP contribution in [0.1, 0.15) is 12.5 Å². The number of hydrogen-bond donors (Lipinski definition) is 0. The predicted molar refractivity (Wildman–Crippen MR) is 102 cm³/mol. The molecule has 0 aromatic heterocycles. The summed E-state index contributed by atoms with van der Waals surface area (Å²) in [5.74, 6) is -0.393. The van der Waals surface area contributed by atoms with Crippen LogP contribution >= 0.6 is 23.2 Å². The van der Waals surface area contributed by atoms with Crippen molar-refractivity contribution in [3.63, 3.8) is 0 Å². The second kappa shape index (κ2) is 7.86. The summed E-state index contributed by atoms with van der Waals surface area (Å²) < 4.78 is 13.6. The first-order valence-corrected chi connectivity index (χ1v) is 8.31.